The maximum Gasteiger partial charge on any atom is 0.319 e. The second-order valence-corrected chi connectivity index (χ2v) is 6.76. The van der Waals surface area contributed by atoms with E-state index in [-0.39, 0.29) is 6.54 Å². The third kappa shape index (κ3) is 4.90. The van der Waals surface area contributed by atoms with Gasteiger partial charge in [0.1, 0.15) is 11.4 Å². The van der Waals surface area contributed by atoms with E-state index in [1.165, 1.54) is 0 Å². The number of rotatable bonds is 6. The Balaban J connectivity index is 1.60. The predicted octanol–water partition coefficient (Wildman–Crippen LogP) is 4.39. The van der Waals surface area contributed by atoms with Gasteiger partial charge in [0.15, 0.2) is 0 Å². The van der Waals surface area contributed by atoms with Crippen LogP contribution in [0.25, 0.3) is 11.1 Å². The Morgan fingerprint density at radius 1 is 0.964 bits per heavy atom. The maximum absolute atomic E-state index is 12.2. The summed E-state index contributed by atoms with van der Waals surface area (Å²) in [7, 11) is 1.57. The van der Waals surface area contributed by atoms with Crippen molar-refractivity contribution in [1.82, 2.24) is 5.32 Å². The smallest absolute Gasteiger partial charge is 0.319 e. The molecule has 0 saturated heterocycles. The summed E-state index contributed by atoms with van der Waals surface area (Å²) in [6, 6.07) is 24.4. The third-order valence-corrected chi connectivity index (χ3v) is 4.53. The first kappa shape index (κ1) is 19.5. The molecule has 0 aliphatic carbocycles. The highest BCUT2D eigenvalue weighted by atomic mass is 16.5. The van der Waals surface area contributed by atoms with Gasteiger partial charge in [-0.2, -0.15) is 0 Å². The topological polar surface area (TPSA) is 70.6 Å². The molecular formula is C23H24N2O3. The normalized spacial score (nSPS) is 12.7. The van der Waals surface area contributed by atoms with Gasteiger partial charge >= 0.3 is 6.03 Å². The summed E-state index contributed by atoms with van der Waals surface area (Å²) in [5, 5.41) is 16.2. The maximum atomic E-state index is 12.2. The van der Waals surface area contributed by atoms with Gasteiger partial charge in [0.25, 0.3) is 0 Å². The number of hydrogen-bond acceptors (Lipinski definition) is 3. The largest absolute Gasteiger partial charge is 0.497 e. The zero-order chi connectivity index (χ0) is 20.0. The molecule has 1 atom stereocenters. The summed E-state index contributed by atoms with van der Waals surface area (Å²) < 4.78 is 5.14. The Hall–Kier alpha value is -3.31. The molecule has 0 bridgehead atoms. The number of hydrogen-bond donors (Lipinski definition) is 3. The van der Waals surface area contributed by atoms with Gasteiger partial charge in [-0.1, -0.05) is 60.7 Å². The van der Waals surface area contributed by atoms with E-state index in [0.29, 0.717) is 11.4 Å². The van der Waals surface area contributed by atoms with Crippen molar-refractivity contribution in [3.05, 3.63) is 84.4 Å². The van der Waals surface area contributed by atoms with E-state index < -0.39 is 11.6 Å². The number of carbonyl (C=O) groups excluding carboxylic acids is 1. The molecule has 0 aliphatic rings. The fourth-order valence-electron chi connectivity index (χ4n) is 2.88. The van der Waals surface area contributed by atoms with E-state index in [9.17, 15) is 9.90 Å². The van der Waals surface area contributed by atoms with Crippen LogP contribution in [0.5, 0.6) is 5.75 Å². The van der Waals surface area contributed by atoms with Gasteiger partial charge in [-0.25, -0.2) is 4.79 Å². The van der Waals surface area contributed by atoms with Crippen molar-refractivity contribution in [2.24, 2.45) is 0 Å². The number of methoxy groups -OCH3 is 1. The van der Waals surface area contributed by atoms with Crippen molar-refractivity contribution in [3.63, 3.8) is 0 Å². The van der Waals surface area contributed by atoms with E-state index in [0.717, 1.165) is 16.7 Å². The molecule has 5 heteroatoms. The van der Waals surface area contributed by atoms with Crippen LogP contribution >= 0.6 is 0 Å². The van der Waals surface area contributed by atoms with Crippen molar-refractivity contribution in [3.8, 4) is 16.9 Å². The molecule has 5 nitrogen and oxygen atoms in total. The van der Waals surface area contributed by atoms with Gasteiger partial charge in [-0.3, -0.25) is 0 Å². The molecule has 0 spiro atoms. The molecule has 0 aromatic heterocycles. The Kier molecular flexibility index (Phi) is 5.96. The fraction of sp³-hybridized carbons (Fsp3) is 0.174. The zero-order valence-electron chi connectivity index (χ0n) is 16.0. The number of ether oxygens (including phenoxy) is 1. The number of urea groups is 1. The first-order valence-corrected chi connectivity index (χ1v) is 9.05. The molecule has 0 aliphatic heterocycles. The van der Waals surface area contributed by atoms with Gasteiger partial charge < -0.3 is 20.5 Å². The van der Waals surface area contributed by atoms with Crippen LogP contribution in [-0.4, -0.2) is 24.8 Å². The van der Waals surface area contributed by atoms with Crippen LogP contribution in [0.4, 0.5) is 10.5 Å². The van der Waals surface area contributed by atoms with Crippen molar-refractivity contribution < 1.29 is 14.6 Å². The second-order valence-electron chi connectivity index (χ2n) is 6.76. The van der Waals surface area contributed by atoms with Crippen LogP contribution in [-0.2, 0) is 5.60 Å². The highest BCUT2D eigenvalue weighted by Crippen LogP contribution is 2.25. The van der Waals surface area contributed by atoms with E-state index in [4.69, 9.17) is 4.74 Å². The van der Waals surface area contributed by atoms with E-state index in [1.807, 2.05) is 54.6 Å². The molecule has 1 unspecified atom stereocenters. The quantitative estimate of drug-likeness (QED) is 0.597. The molecular weight excluding hydrogens is 352 g/mol. The average molecular weight is 376 g/mol. The molecule has 0 heterocycles. The van der Waals surface area contributed by atoms with Gasteiger partial charge in [-0.05, 0) is 35.7 Å². The lowest BCUT2D eigenvalue weighted by Crippen LogP contribution is -2.40. The molecule has 144 valence electrons. The van der Waals surface area contributed by atoms with Crippen LogP contribution < -0.4 is 15.4 Å². The molecule has 28 heavy (non-hydrogen) atoms. The molecule has 0 radical (unpaired) electrons. The minimum absolute atomic E-state index is 0.0769. The summed E-state index contributed by atoms with van der Waals surface area (Å²) in [5.74, 6) is 0.656. The van der Waals surface area contributed by atoms with Crippen molar-refractivity contribution in [2.75, 3.05) is 19.0 Å². The number of amides is 2. The Morgan fingerprint density at radius 3 is 2.32 bits per heavy atom. The number of nitrogens with one attached hydrogen (secondary N) is 2. The number of anilines is 1. The molecule has 2 amide bonds. The van der Waals surface area contributed by atoms with Crippen LogP contribution in [0.3, 0.4) is 0 Å². The van der Waals surface area contributed by atoms with Crippen molar-refractivity contribution in [2.45, 2.75) is 12.5 Å². The third-order valence-electron chi connectivity index (χ3n) is 4.53. The Morgan fingerprint density at radius 2 is 1.64 bits per heavy atom. The van der Waals surface area contributed by atoms with E-state index >= 15 is 0 Å². The lowest BCUT2D eigenvalue weighted by Gasteiger charge is -2.24. The summed E-state index contributed by atoms with van der Waals surface area (Å²) in [4.78, 5) is 12.2. The lowest BCUT2D eigenvalue weighted by atomic mass is 9.94. The van der Waals surface area contributed by atoms with Crippen LogP contribution in [0, 0.1) is 0 Å². The predicted molar refractivity (Wildman–Crippen MR) is 111 cm³/mol. The first-order valence-electron chi connectivity index (χ1n) is 9.05. The summed E-state index contributed by atoms with van der Waals surface area (Å²) >= 11 is 0. The van der Waals surface area contributed by atoms with Crippen LogP contribution in [0.15, 0.2) is 78.9 Å². The Labute approximate surface area is 165 Å². The fourth-order valence-corrected chi connectivity index (χ4v) is 2.88. The summed E-state index contributed by atoms with van der Waals surface area (Å²) in [5.41, 5.74) is 2.34. The number of carbonyl (C=O) groups is 1. The van der Waals surface area contributed by atoms with Crippen LogP contribution in [0.1, 0.15) is 12.5 Å². The van der Waals surface area contributed by atoms with Gasteiger partial charge in [0.2, 0.25) is 0 Å². The molecule has 3 rings (SSSR count). The monoisotopic (exact) mass is 376 g/mol. The summed E-state index contributed by atoms with van der Waals surface area (Å²) in [6.45, 7) is 1.75. The Bertz CT molecular complexity index is 922. The van der Waals surface area contributed by atoms with E-state index in [1.54, 1.807) is 38.3 Å². The van der Waals surface area contributed by atoms with Crippen molar-refractivity contribution in [1.29, 1.82) is 0 Å². The molecule has 0 fully saturated rings. The standard InChI is InChI=1S/C23H24N2O3/c1-23(27,16-24-22(26)25-20-9-6-10-21(15-20)28-2)19-13-11-18(12-14-19)17-7-4-3-5-8-17/h3-15,27H,16H2,1-2H3,(H2,24,25,26). The van der Waals surface area contributed by atoms with Gasteiger partial charge in [0, 0.05) is 11.8 Å². The van der Waals surface area contributed by atoms with E-state index in [2.05, 4.69) is 10.6 Å². The zero-order valence-corrected chi connectivity index (χ0v) is 16.0. The van der Waals surface area contributed by atoms with Crippen molar-refractivity contribution >= 4 is 11.7 Å². The lowest BCUT2D eigenvalue weighted by molar-refractivity contribution is 0.0600. The second kappa shape index (κ2) is 8.59. The van der Waals surface area contributed by atoms with Gasteiger partial charge in [-0.15, -0.1) is 0 Å². The molecule has 0 saturated carbocycles. The number of aliphatic hydroxyl groups is 1. The van der Waals surface area contributed by atoms with Gasteiger partial charge in [0.05, 0.1) is 13.7 Å². The minimum Gasteiger partial charge on any atom is -0.497 e. The molecule has 3 aromatic carbocycles. The average Bonchev–Trinajstić information content (AvgIpc) is 2.73. The van der Waals surface area contributed by atoms with Crippen LogP contribution in [0.2, 0.25) is 0 Å². The molecule has 3 aromatic rings. The number of benzene rings is 3. The highest BCUT2D eigenvalue weighted by Gasteiger charge is 2.23. The highest BCUT2D eigenvalue weighted by molar-refractivity contribution is 5.89. The first-order chi connectivity index (χ1) is 13.5. The molecule has 3 N–H and O–H groups in total. The summed E-state index contributed by atoms with van der Waals surface area (Å²) in [6.07, 6.45) is 0. The SMILES string of the molecule is COc1cccc(NC(=O)NCC(C)(O)c2ccc(-c3ccccc3)cc2)c1. The minimum atomic E-state index is -1.19.